The zero-order chi connectivity index (χ0) is 24.1. The number of hydrogen-bond acceptors (Lipinski definition) is 11. The molecular formula is C18H26FN6O7P. The number of ether oxygens (including phenoxy) is 3. The van der Waals surface area contributed by atoms with Gasteiger partial charge >= 0.3 is 13.7 Å². The third-order valence-corrected chi connectivity index (χ3v) is 6.95. The lowest BCUT2D eigenvalue weighted by Gasteiger charge is -2.35. The molecule has 0 saturated carbocycles. The van der Waals surface area contributed by atoms with E-state index in [1.165, 1.54) is 31.9 Å². The number of nitrogens with zero attached hydrogens (tertiary/aromatic N) is 4. The van der Waals surface area contributed by atoms with Crippen molar-refractivity contribution in [2.45, 2.75) is 63.9 Å². The first-order valence-corrected chi connectivity index (χ1v) is 11.8. The number of hydrogen-bond donors (Lipinski definition) is 2. The van der Waals surface area contributed by atoms with Crippen molar-refractivity contribution in [1.29, 1.82) is 0 Å². The molecule has 0 unspecified atom stereocenters. The topological polar surface area (TPSA) is 162 Å². The maximum absolute atomic E-state index is 16.1. The van der Waals surface area contributed by atoms with Gasteiger partial charge in [0.1, 0.15) is 18.2 Å². The molecular weight excluding hydrogens is 462 g/mol. The van der Waals surface area contributed by atoms with Gasteiger partial charge in [0.15, 0.2) is 23.1 Å². The molecule has 3 N–H and O–H groups in total. The summed E-state index contributed by atoms with van der Waals surface area (Å²) in [5.74, 6) is -0.599. The number of halogens is 1. The average Bonchev–Trinajstić information content (AvgIpc) is 3.25. The Hall–Kier alpha value is -2.38. The summed E-state index contributed by atoms with van der Waals surface area (Å²) in [7, 11) is -2.84. The van der Waals surface area contributed by atoms with E-state index in [1.807, 2.05) is 13.8 Å². The number of alkyl halides is 1. The summed E-state index contributed by atoms with van der Waals surface area (Å²) in [6, 6.07) is -1.00. The van der Waals surface area contributed by atoms with Gasteiger partial charge in [-0.05, 0) is 27.7 Å². The molecule has 13 nitrogen and oxygen atoms in total. The minimum Gasteiger partial charge on any atom is -0.473 e. The zero-order valence-corrected chi connectivity index (χ0v) is 19.6. The molecule has 2 aliphatic rings. The van der Waals surface area contributed by atoms with Gasteiger partial charge in [-0.2, -0.15) is 9.97 Å². The third kappa shape index (κ3) is 4.28. The van der Waals surface area contributed by atoms with Crippen molar-refractivity contribution in [3.05, 3.63) is 6.33 Å². The van der Waals surface area contributed by atoms with Gasteiger partial charge in [0.25, 0.3) is 0 Å². The van der Waals surface area contributed by atoms with Crippen LogP contribution in [0.25, 0.3) is 11.2 Å². The van der Waals surface area contributed by atoms with Crippen LogP contribution in [0, 0.1) is 0 Å². The second kappa shape index (κ2) is 8.44. The van der Waals surface area contributed by atoms with Gasteiger partial charge in [0.05, 0.1) is 26.1 Å². The molecule has 6 atom stereocenters. The molecule has 2 saturated heterocycles. The monoisotopic (exact) mass is 488 g/mol. The molecule has 0 amide bonds. The van der Waals surface area contributed by atoms with Crippen LogP contribution in [0.5, 0.6) is 5.88 Å². The Morgan fingerprint density at radius 1 is 1.42 bits per heavy atom. The molecule has 0 aliphatic carbocycles. The molecule has 33 heavy (non-hydrogen) atoms. The minimum absolute atomic E-state index is 0.0824. The number of nitrogens with two attached hydrogens (primary N) is 1. The molecule has 4 rings (SSSR count). The summed E-state index contributed by atoms with van der Waals surface area (Å²) in [6.45, 7) is 6.07. The summed E-state index contributed by atoms with van der Waals surface area (Å²) in [6.07, 6.45) is -2.28. The van der Waals surface area contributed by atoms with Gasteiger partial charge < -0.3 is 19.9 Å². The number of imidazole rings is 1. The molecule has 0 radical (unpaired) electrons. The molecule has 15 heteroatoms. The number of rotatable bonds is 6. The van der Waals surface area contributed by atoms with Crippen LogP contribution in [0.2, 0.25) is 0 Å². The van der Waals surface area contributed by atoms with Gasteiger partial charge in [-0.25, -0.2) is 19.0 Å². The van der Waals surface area contributed by atoms with Crippen LogP contribution >= 0.6 is 7.75 Å². The molecule has 2 aromatic heterocycles. The van der Waals surface area contributed by atoms with Crippen molar-refractivity contribution in [3.8, 4) is 5.88 Å². The molecule has 0 bridgehead atoms. The van der Waals surface area contributed by atoms with Crippen molar-refractivity contribution in [1.82, 2.24) is 24.6 Å². The lowest BCUT2D eigenvalue weighted by Crippen LogP contribution is -2.47. The fourth-order valence-corrected chi connectivity index (χ4v) is 5.54. The quantitative estimate of drug-likeness (QED) is 0.446. The predicted octanol–water partition coefficient (Wildman–Crippen LogP) is 1.50. The molecule has 2 aliphatic heterocycles. The Morgan fingerprint density at radius 2 is 2.15 bits per heavy atom. The van der Waals surface area contributed by atoms with Crippen molar-refractivity contribution < 1.29 is 37.0 Å². The van der Waals surface area contributed by atoms with Crippen LogP contribution in [0.3, 0.4) is 0 Å². The van der Waals surface area contributed by atoms with Gasteiger partial charge in [-0.15, -0.1) is 0 Å². The normalized spacial score (nSPS) is 32.6. The highest BCUT2D eigenvalue weighted by Gasteiger charge is 2.61. The molecule has 2 aromatic rings. The highest BCUT2D eigenvalue weighted by molar-refractivity contribution is 7.51. The Kier molecular flexibility index (Phi) is 6.08. The fraction of sp³-hybridized carbons (Fsp3) is 0.667. The van der Waals surface area contributed by atoms with Crippen LogP contribution in [-0.4, -0.2) is 69.2 Å². The smallest absolute Gasteiger partial charge is 0.406 e. The maximum atomic E-state index is 16.1. The summed E-state index contributed by atoms with van der Waals surface area (Å²) in [5, 5.41) is 2.45. The number of carbonyl (C=O) groups excluding carboxylic acids is 1. The standard InChI is InChI=1S/C18H26FN6O7P/c1-8(2)30-14-11-13(22-17(20)23-14)25(7-21-11)16-18(4,19)12-10(31-16)6-29-33(27,32-12)24-9(3)15(26)28-5/h7-10,12,16H,6H2,1-5H3,(H,24,27)(H2,20,22,23)/t9-,10+,12+,16+,18+,33+/m0/s1. The van der Waals surface area contributed by atoms with Crippen LogP contribution < -0.4 is 15.6 Å². The van der Waals surface area contributed by atoms with Gasteiger partial charge in [-0.1, -0.05) is 0 Å². The first-order valence-electron chi connectivity index (χ1n) is 10.2. The van der Waals surface area contributed by atoms with E-state index in [-0.39, 0.29) is 35.7 Å². The Bertz CT molecular complexity index is 1110. The van der Waals surface area contributed by atoms with Crippen molar-refractivity contribution >= 4 is 30.8 Å². The van der Waals surface area contributed by atoms with E-state index in [0.29, 0.717) is 0 Å². The SMILES string of the molecule is COC(=O)[C@H](C)N[P@@]1(=O)OC[C@H]2O[C@@H](n3cnc4c(OC(C)C)nc(N)nc43)[C@](C)(F)[C@@H]2O1. The largest absolute Gasteiger partial charge is 0.473 e. The molecule has 182 valence electrons. The van der Waals surface area contributed by atoms with E-state index in [2.05, 4.69) is 24.8 Å². The molecule has 0 aromatic carbocycles. The summed E-state index contributed by atoms with van der Waals surface area (Å²) >= 11 is 0. The second-order valence-corrected chi connectivity index (χ2v) is 9.97. The molecule has 4 heterocycles. The number of nitrogen functional groups attached to an aromatic ring is 1. The van der Waals surface area contributed by atoms with Crippen LogP contribution in [0.4, 0.5) is 10.3 Å². The lowest BCUT2D eigenvalue weighted by atomic mass is 9.98. The minimum atomic E-state index is -4.03. The Labute approximate surface area is 188 Å². The van der Waals surface area contributed by atoms with E-state index in [1.54, 1.807) is 0 Å². The number of fused-ring (bicyclic) bond motifs is 2. The first kappa shape index (κ1) is 23.8. The highest BCUT2D eigenvalue weighted by Crippen LogP contribution is 2.57. The van der Waals surface area contributed by atoms with Gasteiger partial charge in [0, 0.05) is 0 Å². The summed E-state index contributed by atoms with van der Waals surface area (Å²) < 4.78 is 57.5. The van der Waals surface area contributed by atoms with Crippen molar-refractivity contribution in [2.24, 2.45) is 0 Å². The van der Waals surface area contributed by atoms with Crippen LogP contribution in [-0.2, 0) is 27.9 Å². The highest BCUT2D eigenvalue weighted by atomic mass is 31.2. The van der Waals surface area contributed by atoms with Gasteiger partial charge in [-0.3, -0.25) is 18.4 Å². The number of anilines is 1. The lowest BCUT2D eigenvalue weighted by molar-refractivity contribution is -0.142. The number of nitrogens with one attached hydrogen (secondary N) is 1. The number of carbonyl (C=O) groups is 1. The summed E-state index contributed by atoms with van der Waals surface area (Å²) in [4.78, 5) is 24.2. The van der Waals surface area contributed by atoms with E-state index in [0.717, 1.165) is 0 Å². The number of esters is 1. The summed E-state index contributed by atoms with van der Waals surface area (Å²) in [5.41, 5.74) is 4.12. The first-order chi connectivity index (χ1) is 15.4. The Morgan fingerprint density at radius 3 is 2.82 bits per heavy atom. The van der Waals surface area contributed by atoms with Crippen LogP contribution in [0.1, 0.15) is 33.9 Å². The number of methoxy groups -OCH3 is 1. The van der Waals surface area contributed by atoms with E-state index in [9.17, 15) is 9.36 Å². The van der Waals surface area contributed by atoms with Gasteiger partial charge in [0.2, 0.25) is 11.8 Å². The third-order valence-electron chi connectivity index (χ3n) is 5.25. The van der Waals surface area contributed by atoms with E-state index < -0.39 is 43.9 Å². The Balaban J connectivity index is 1.64. The zero-order valence-electron chi connectivity index (χ0n) is 18.7. The maximum Gasteiger partial charge on any atom is 0.406 e. The average molecular weight is 488 g/mol. The van der Waals surface area contributed by atoms with Crippen molar-refractivity contribution in [3.63, 3.8) is 0 Å². The van der Waals surface area contributed by atoms with E-state index >= 15 is 4.39 Å². The second-order valence-electron chi connectivity index (χ2n) is 8.25. The molecule has 0 spiro atoms. The van der Waals surface area contributed by atoms with Crippen molar-refractivity contribution in [2.75, 3.05) is 19.5 Å². The predicted molar refractivity (Wildman–Crippen MR) is 112 cm³/mol. The molecule has 2 fully saturated rings. The fourth-order valence-electron chi connectivity index (χ4n) is 3.78. The van der Waals surface area contributed by atoms with Crippen LogP contribution in [0.15, 0.2) is 6.33 Å². The number of aromatic nitrogens is 4. The van der Waals surface area contributed by atoms with E-state index in [4.69, 9.17) is 24.3 Å².